The molecule has 0 atom stereocenters. The summed E-state index contributed by atoms with van der Waals surface area (Å²) in [6, 6.07) is 4.50. The summed E-state index contributed by atoms with van der Waals surface area (Å²) in [6.07, 6.45) is 2.90. The number of aromatic amines is 1. The largest absolute Gasteiger partial charge is 0.469 e. The van der Waals surface area contributed by atoms with E-state index in [4.69, 9.17) is 4.74 Å². The Morgan fingerprint density at radius 1 is 1.25 bits per heavy atom. The van der Waals surface area contributed by atoms with Crippen LogP contribution in [0.15, 0.2) is 23.0 Å². The number of esters is 1. The molecule has 2 N–H and O–H groups in total. The van der Waals surface area contributed by atoms with Crippen molar-refractivity contribution in [2.45, 2.75) is 31.7 Å². The molecule has 0 bridgehead atoms. The van der Waals surface area contributed by atoms with Crippen molar-refractivity contribution >= 4 is 11.9 Å². The van der Waals surface area contributed by atoms with Gasteiger partial charge in [-0.2, -0.15) is 0 Å². The SMILES string of the molecule is COC(=O)C1CCC(NC(=O)c2cccc(=O)[nH]2)CC1. The third kappa shape index (κ3) is 3.46. The average Bonchev–Trinajstić information content (AvgIpc) is 2.47. The molecule has 6 heteroatoms. The highest BCUT2D eigenvalue weighted by Gasteiger charge is 2.27. The Kier molecular flexibility index (Phi) is 4.55. The molecule has 1 fully saturated rings. The maximum Gasteiger partial charge on any atom is 0.308 e. The first-order valence-corrected chi connectivity index (χ1v) is 6.68. The Labute approximate surface area is 116 Å². The number of rotatable bonds is 3. The van der Waals surface area contributed by atoms with Crippen LogP contribution in [0.25, 0.3) is 0 Å². The summed E-state index contributed by atoms with van der Waals surface area (Å²) in [7, 11) is 1.39. The van der Waals surface area contributed by atoms with Crippen LogP contribution in [0.5, 0.6) is 0 Å². The van der Waals surface area contributed by atoms with Gasteiger partial charge < -0.3 is 15.0 Å². The molecule has 1 amide bonds. The van der Waals surface area contributed by atoms with Gasteiger partial charge >= 0.3 is 5.97 Å². The maximum absolute atomic E-state index is 12.0. The van der Waals surface area contributed by atoms with E-state index in [0.29, 0.717) is 12.8 Å². The monoisotopic (exact) mass is 278 g/mol. The second-order valence-corrected chi connectivity index (χ2v) is 4.97. The molecule has 1 saturated carbocycles. The molecule has 0 aliphatic heterocycles. The molecule has 1 aliphatic carbocycles. The predicted octanol–water partition coefficient (Wildman–Crippen LogP) is 0.836. The number of amides is 1. The van der Waals surface area contributed by atoms with E-state index in [1.165, 1.54) is 13.2 Å². The highest BCUT2D eigenvalue weighted by atomic mass is 16.5. The topological polar surface area (TPSA) is 88.3 Å². The molecule has 0 radical (unpaired) electrons. The van der Waals surface area contributed by atoms with Crippen LogP contribution in [0.2, 0.25) is 0 Å². The molecular weight excluding hydrogens is 260 g/mol. The minimum atomic E-state index is -0.299. The van der Waals surface area contributed by atoms with Crippen LogP contribution in [-0.2, 0) is 9.53 Å². The number of hydrogen-bond donors (Lipinski definition) is 2. The molecule has 0 spiro atoms. The smallest absolute Gasteiger partial charge is 0.308 e. The first kappa shape index (κ1) is 14.3. The quantitative estimate of drug-likeness (QED) is 0.802. The number of ether oxygens (including phenoxy) is 1. The van der Waals surface area contributed by atoms with Crippen molar-refractivity contribution in [2.24, 2.45) is 5.92 Å². The van der Waals surface area contributed by atoms with Crippen LogP contribution in [0, 0.1) is 5.92 Å². The molecule has 0 unspecified atom stereocenters. The van der Waals surface area contributed by atoms with Crippen LogP contribution in [0.3, 0.4) is 0 Å². The minimum Gasteiger partial charge on any atom is -0.469 e. The van der Waals surface area contributed by atoms with Gasteiger partial charge in [0.1, 0.15) is 5.69 Å². The van der Waals surface area contributed by atoms with Crippen LogP contribution in [0.4, 0.5) is 0 Å². The van der Waals surface area contributed by atoms with E-state index >= 15 is 0 Å². The Morgan fingerprint density at radius 3 is 2.55 bits per heavy atom. The van der Waals surface area contributed by atoms with E-state index in [1.54, 1.807) is 12.1 Å². The molecule has 1 aliphatic rings. The fourth-order valence-electron chi connectivity index (χ4n) is 2.48. The maximum atomic E-state index is 12.0. The lowest BCUT2D eigenvalue weighted by Crippen LogP contribution is -2.39. The lowest BCUT2D eigenvalue weighted by molar-refractivity contribution is -0.146. The average molecular weight is 278 g/mol. The van der Waals surface area contributed by atoms with E-state index in [0.717, 1.165) is 12.8 Å². The van der Waals surface area contributed by atoms with Crippen molar-refractivity contribution in [3.63, 3.8) is 0 Å². The van der Waals surface area contributed by atoms with Crippen molar-refractivity contribution in [1.82, 2.24) is 10.3 Å². The van der Waals surface area contributed by atoms with Crippen LogP contribution >= 0.6 is 0 Å². The number of nitrogens with one attached hydrogen (secondary N) is 2. The standard InChI is InChI=1S/C14H18N2O4/c1-20-14(19)9-5-7-10(8-6-9)15-13(18)11-3-2-4-12(17)16-11/h2-4,9-10H,5-8H2,1H3,(H,15,18)(H,16,17). The molecule has 1 aromatic heterocycles. The molecular formula is C14H18N2O4. The fourth-order valence-corrected chi connectivity index (χ4v) is 2.48. The van der Waals surface area contributed by atoms with Crippen molar-refractivity contribution in [2.75, 3.05) is 7.11 Å². The number of carbonyl (C=O) groups excluding carboxylic acids is 2. The van der Waals surface area contributed by atoms with E-state index < -0.39 is 0 Å². The van der Waals surface area contributed by atoms with Gasteiger partial charge in [-0.05, 0) is 31.7 Å². The molecule has 0 aromatic carbocycles. The zero-order valence-corrected chi connectivity index (χ0v) is 11.3. The van der Waals surface area contributed by atoms with E-state index in [1.807, 2.05) is 0 Å². The zero-order valence-electron chi connectivity index (χ0n) is 11.3. The van der Waals surface area contributed by atoms with Crippen molar-refractivity contribution in [1.29, 1.82) is 0 Å². The lowest BCUT2D eigenvalue weighted by Gasteiger charge is -2.27. The van der Waals surface area contributed by atoms with E-state index in [-0.39, 0.29) is 35.1 Å². The molecule has 108 valence electrons. The fraction of sp³-hybridized carbons (Fsp3) is 0.500. The first-order chi connectivity index (χ1) is 9.60. The van der Waals surface area contributed by atoms with Gasteiger partial charge in [-0.1, -0.05) is 6.07 Å². The third-order valence-electron chi connectivity index (χ3n) is 3.61. The zero-order chi connectivity index (χ0) is 14.5. The summed E-state index contributed by atoms with van der Waals surface area (Å²) >= 11 is 0. The van der Waals surface area contributed by atoms with Gasteiger partial charge in [-0.15, -0.1) is 0 Å². The second-order valence-electron chi connectivity index (χ2n) is 4.97. The summed E-state index contributed by atoms with van der Waals surface area (Å²) in [5, 5.41) is 2.88. The van der Waals surface area contributed by atoms with Gasteiger partial charge in [-0.3, -0.25) is 14.4 Å². The number of aromatic nitrogens is 1. The number of pyridine rings is 1. The summed E-state index contributed by atoms with van der Waals surface area (Å²) in [6.45, 7) is 0. The minimum absolute atomic E-state index is 0.0344. The summed E-state index contributed by atoms with van der Waals surface area (Å²) in [4.78, 5) is 37.0. The number of H-pyrrole nitrogens is 1. The Morgan fingerprint density at radius 2 is 1.95 bits per heavy atom. The van der Waals surface area contributed by atoms with Gasteiger partial charge in [0.05, 0.1) is 13.0 Å². The van der Waals surface area contributed by atoms with Gasteiger partial charge in [0.25, 0.3) is 5.91 Å². The predicted molar refractivity (Wildman–Crippen MR) is 72.3 cm³/mol. The first-order valence-electron chi connectivity index (χ1n) is 6.68. The third-order valence-corrected chi connectivity index (χ3v) is 3.61. The van der Waals surface area contributed by atoms with E-state index in [9.17, 15) is 14.4 Å². The Balaban J connectivity index is 1.88. The highest BCUT2D eigenvalue weighted by molar-refractivity contribution is 5.92. The number of carbonyl (C=O) groups is 2. The molecule has 6 nitrogen and oxygen atoms in total. The normalized spacial score (nSPS) is 22.1. The number of methoxy groups -OCH3 is 1. The highest BCUT2D eigenvalue weighted by Crippen LogP contribution is 2.25. The molecule has 0 saturated heterocycles. The van der Waals surface area contributed by atoms with Crippen molar-refractivity contribution in [3.8, 4) is 0 Å². The van der Waals surface area contributed by atoms with Crippen LogP contribution in [0.1, 0.15) is 36.2 Å². The molecule has 20 heavy (non-hydrogen) atoms. The second kappa shape index (κ2) is 6.36. The van der Waals surface area contributed by atoms with Crippen LogP contribution < -0.4 is 10.9 Å². The molecule has 2 rings (SSSR count). The van der Waals surface area contributed by atoms with Gasteiger partial charge in [0, 0.05) is 12.1 Å². The summed E-state index contributed by atoms with van der Waals surface area (Å²) in [5.74, 6) is -0.531. The Bertz CT molecular complexity index is 544. The molecule has 1 heterocycles. The molecule has 1 aromatic rings. The van der Waals surface area contributed by atoms with Gasteiger partial charge in [-0.25, -0.2) is 0 Å². The van der Waals surface area contributed by atoms with Crippen molar-refractivity contribution < 1.29 is 14.3 Å². The van der Waals surface area contributed by atoms with E-state index in [2.05, 4.69) is 10.3 Å². The summed E-state index contributed by atoms with van der Waals surface area (Å²) < 4.78 is 4.72. The van der Waals surface area contributed by atoms with Gasteiger partial charge in [0.2, 0.25) is 5.56 Å². The van der Waals surface area contributed by atoms with Crippen molar-refractivity contribution in [3.05, 3.63) is 34.2 Å². The van der Waals surface area contributed by atoms with Gasteiger partial charge in [0.15, 0.2) is 0 Å². The number of hydrogen-bond acceptors (Lipinski definition) is 4. The Hall–Kier alpha value is -2.11. The van der Waals surface area contributed by atoms with Crippen LogP contribution in [-0.4, -0.2) is 30.0 Å². The lowest BCUT2D eigenvalue weighted by atomic mass is 9.86. The summed E-state index contributed by atoms with van der Waals surface area (Å²) in [5.41, 5.74) is -0.0420.